The van der Waals surface area contributed by atoms with Crippen molar-refractivity contribution in [1.82, 2.24) is 15.0 Å². The molecule has 24 heavy (non-hydrogen) atoms. The Hall–Kier alpha value is -2.15. The Morgan fingerprint density at radius 1 is 1.33 bits per heavy atom. The van der Waals surface area contributed by atoms with E-state index in [1.165, 1.54) is 0 Å². The second-order valence-corrected chi connectivity index (χ2v) is 6.61. The molecule has 0 spiro atoms. The Morgan fingerprint density at radius 2 is 2.12 bits per heavy atom. The molecule has 0 aromatic carbocycles. The molecule has 2 fully saturated rings. The molecule has 0 bridgehead atoms. The van der Waals surface area contributed by atoms with E-state index in [2.05, 4.69) is 10.1 Å². The molecule has 1 aliphatic heterocycles. The predicted molar refractivity (Wildman–Crippen MR) is 83.6 cm³/mol. The third-order valence-corrected chi connectivity index (χ3v) is 4.68. The van der Waals surface area contributed by atoms with Crippen LogP contribution in [0.1, 0.15) is 65.3 Å². The standard InChI is InChI=1S/C17H21N3O4/c1-9-8-13(10(2)23-9)17(21)20-6-7-22-11(3)14(20)16-18-15(19-24-16)12-4-5-12/h8,11-12,14H,4-7H2,1-3H3/t11-,14+/m1/s1. The smallest absolute Gasteiger partial charge is 0.258 e. The van der Waals surface area contributed by atoms with E-state index in [9.17, 15) is 4.79 Å². The highest BCUT2D eigenvalue weighted by molar-refractivity contribution is 5.95. The van der Waals surface area contributed by atoms with Gasteiger partial charge in [0.1, 0.15) is 17.6 Å². The summed E-state index contributed by atoms with van der Waals surface area (Å²) in [5.41, 5.74) is 0.577. The number of nitrogens with zero attached hydrogens (tertiary/aromatic N) is 3. The van der Waals surface area contributed by atoms with Crippen LogP contribution in [0.4, 0.5) is 0 Å². The van der Waals surface area contributed by atoms with E-state index in [-0.39, 0.29) is 18.1 Å². The second kappa shape index (κ2) is 5.73. The van der Waals surface area contributed by atoms with Crippen LogP contribution in [0.15, 0.2) is 15.0 Å². The normalized spacial score (nSPS) is 24.4. The Balaban J connectivity index is 1.65. The largest absolute Gasteiger partial charge is 0.466 e. The van der Waals surface area contributed by atoms with Gasteiger partial charge in [-0.25, -0.2) is 0 Å². The first-order valence-electron chi connectivity index (χ1n) is 8.37. The van der Waals surface area contributed by atoms with Crippen LogP contribution in [0.2, 0.25) is 0 Å². The molecule has 1 aliphatic carbocycles. The van der Waals surface area contributed by atoms with Crippen LogP contribution in [0.5, 0.6) is 0 Å². The van der Waals surface area contributed by atoms with Crippen molar-refractivity contribution < 1.29 is 18.5 Å². The Kier molecular flexibility index (Phi) is 3.68. The molecular formula is C17H21N3O4. The first-order chi connectivity index (χ1) is 11.5. The fourth-order valence-corrected chi connectivity index (χ4v) is 3.26. The topological polar surface area (TPSA) is 81.6 Å². The number of morpholine rings is 1. The fourth-order valence-electron chi connectivity index (χ4n) is 3.26. The molecule has 0 radical (unpaired) electrons. The number of carbonyl (C=O) groups is 1. The van der Waals surface area contributed by atoms with Crippen molar-refractivity contribution in [2.75, 3.05) is 13.2 Å². The molecule has 7 heteroatoms. The van der Waals surface area contributed by atoms with Gasteiger partial charge in [-0.2, -0.15) is 4.98 Å². The van der Waals surface area contributed by atoms with Crippen LogP contribution in [-0.4, -0.2) is 40.2 Å². The summed E-state index contributed by atoms with van der Waals surface area (Å²) in [6.07, 6.45) is 2.00. The number of hydrogen-bond donors (Lipinski definition) is 0. The Morgan fingerprint density at radius 3 is 2.79 bits per heavy atom. The van der Waals surface area contributed by atoms with Gasteiger partial charge >= 0.3 is 0 Å². The lowest BCUT2D eigenvalue weighted by atomic mass is 10.1. The summed E-state index contributed by atoms with van der Waals surface area (Å²) in [4.78, 5) is 19.3. The number of aromatic nitrogens is 2. The Bertz CT molecular complexity index is 762. The molecule has 0 unspecified atom stereocenters. The first-order valence-corrected chi connectivity index (χ1v) is 8.37. The van der Waals surface area contributed by atoms with Gasteiger partial charge < -0.3 is 18.6 Å². The quantitative estimate of drug-likeness (QED) is 0.860. The SMILES string of the molecule is Cc1cc(C(=O)N2CCO[C@H](C)[C@H]2c2nc(C3CC3)no2)c(C)o1. The number of rotatable bonds is 3. The number of ether oxygens (including phenoxy) is 1. The monoisotopic (exact) mass is 331 g/mol. The summed E-state index contributed by atoms with van der Waals surface area (Å²) >= 11 is 0. The minimum absolute atomic E-state index is 0.0873. The van der Waals surface area contributed by atoms with Gasteiger partial charge in [-0.15, -0.1) is 0 Å². The molecule has 2 aromatic heterocycles. The average molecular weight is 331 g/mol. The van der Waals surface area contributed by atoms with Crippen molar-refractivity contribution in [1.29, 1.82) is 0 Å². The molecule has 1 saturated carbocycles. The lowest BCUT2D eigenvalue weighted by molar-refractivity contribution is -0.0601. The van der Waals surface area contributed by atoms with Gasteiger partial charge in [0, 0.05) is 12.5 Å². The molecule has 128 valence electrons. The van der Waals surface area contributed by atoms with Crippen LogP contribution in [-0.2, 0) is 4.74 Å². The van der Waals surface area contributed by atoms with Gasteiger partial charge in [0.05, 0.1) is 18.3 Å². The van der Waals surface area contributed by atoms with Gasteiger partial charge in [-0.1, -0.05) is 5.16 Å². The molecule has 2 atom stereocenters. The van der Waals surface area contributed by atoms with Crippen molar-refractivity contribution in [3.05, 3.63) is 34.9 Å². The zero-order valence-corrected chi connectivity index (χ0v) is 14.1. The van der Waals surface area contributed by atoms with Gasteiger partial charge in [0.2, 0.25) is 0 Å². The highest BCUT2D eigenvalue weighted by Crippen LogP contribution is 2.39. The molecule has 1 amide bonds. The molecule has 4 rings (SSSR count). The molecule has 2 aliphatic rings. The number of hydrogen-bond acceptors (Lipinski definition) is 6. The zero-order valence-electron chi connectivity index (χ0n) is 14.1. The highest BCUT2D eigenvalue weighted by atomic mass is 16.5. The first kappa shape index (κ1) is 15.4. The van der Waals surface area contributed by atoms with Crippen LogP contribution in [0.25, 0.3) is 0 Å². The molecule has 1 saturated heterocycles. The Labute approximate surface area is 140 Å². The van der Waals surface area contributed by atoms with E-state index >= 15 is 0 Å². The summed E-state index contributed by atoms with van der Waals surface area (Å²) in [5, 5.41) is 4.08. The van der Waals surface area contributed by atoms with E-state index in [0.29, 0.717) is 36.3 Å². The number of furan rings is 1. The van der Waals surface area contributed by atoms with Crippen molar-refractivity contribution in [3.63, 3.8) is 0 Å². The summed E-state index contributed by atoms with van der Waals surface area (Å²) in [6, 6.07) is 1.40. The minimum Gasteiger partial charge on any atom is -0.466 e. The van der Waals surface area contributed by atoms with Gasteiger partial charge in [-0.3, -0.25) is 4.79 Å². The van der Waals surface area contributed by atoms with Gasteiger partial charge in [0.15, 0.2) is 5.82 Å². The second-order valence-electron chi connectivity index (χ2n) is 6.61. The van der Waals surface area contributed by atoms with Crippen molar-refractivity contribution >= 4 is 5.91 Å². The maximum Gasteiger partial charge on any atom is 0.258 e. The third-order valence-electron chi connectivity index (χ3n) is 4.68. The molecule has 2 aromatic rings. The number of aryl methyl sites for hydroxylation is 2. The van der Waals surface area contributed by atoms with E-state index < -0.39 is 0 Å². The minimum atomic E-state index is -0.374. The summed E-state index contributed by atoms with van der Waals surface area (Å²) in [6.45, 7) is 6.54. The summed E-state index contributed by atoms with van der Waals surface area (Å²) in [7, 11) is 0. The zero-order chi connectivity index (χ0) is 16.8. The molecule has 7 nitrogen and oxygen atoms in total. The number of carbonyl (C=O) groups excluding carboxylic acids is 1. The van der Waals surface area contributed by atoms with Crippen molar-refractivity contribution in [2.45, 2.75) is 51.7 Å². The number of amides is 1. The maximum atomic E-state index is 13.0. The van der Waals surface area contributed by atoms with Crippen LogP contribution in [0, 0.1) is 13.8 Å². The van der Waals surface area contributed by atoms with Gasteiger partial charge in [-0.05, 0) is 39.7 Å². The van der Waals surface area contributed by atoms with E-state index in [1.54, 1.807) is 17.9 Å². The fraction of sp³-hybridized carbons (Fsp3) is 0.588. The van der Waals surface area contributed by atoms with Crippen molar-refractivity contribution in [3.8, 4) is 0 Å². The summed E-state index contributed by atoms with van der Waals surface area (Å²) < 4.78 is 16.7. The lowest BCUT2D eigenvalue weighted by Crippen LogP contribution is -2.47. The van der Waals surface area contributed by atoms with Crippen LogP contribution in [0.3, 0.4) is 0 Å². The van der Waals surface area contributed by atoms with E-state index in [0.717, 1.165) is 24.4 Å². The lowest BCUT2D eigenvalue weighted by Gasteiger charge is -2.37. The molecule has 3 heterocycles. The third kappa shape index (κ3) is 2.62. The highest BCUT2D eigenvalue weighted by Gasteiger charge is 2.40. The van der Waals surface area contributed by atoms with Crippen molar-refractivity contribution in [2.24, 2.45) is 0 Å². The summed E-state index contributed by atoms with van der Waals surface area (Å²) in [5.74, 6) is 2.86. The van der Waals surface area contributed by atoms with E-state index in [4.69, 9.17) is 13.7 Å². The molecular weight excluding hydrogens is 310 g/mol. The van der Waals surface area contributed by atoms with Gasteiger partial charge in [0.25, 0.3) is 11.8 Å². The predicted octanol–water partition coefficient (Wildman–Crippen LogP) is 2.76. The maximum absolute atomic E-state index is 13.0. The van der Waals surface area contributed by atoms with E-state index in [1.807, 2.05) is 13.8 Å². The average Bonchev–Trinajstić information content (AvgIpc) is 3.19. The van der Waals surface area contributed by atoms with Crippen LogP contribution >= 0.6 is 0 Å². The molecule has 0 N–H and O–H groups in total. The van der Waals surface area contributed by atoms with Crippen LogP contribution < -0.4 is 0 Å².